The van der Waals surface area contributed by atoms with E-state index in [9.17, 15) is 8.78 Å². The van der Waals surface area contributed by atoms with E-state index < -0.39 is 5.92 Å². The number of hydrogen-bond donors (Lipinski definition) is 1. The predicted octanol–water partition coefficient (Wildman–Crippen LogP) is 2.86. The Balaban J connectivity index is 1.67. The Hall–Kier alpha value is -1.95. The molecule has 1 aliphatic rings. The van der Waals surface area contributed by atoms with E-state index in [4.69, 9.17) is 5.73 Å². The molecule has 2 heterocycles. The third-order valence-corrected chi connectivity index (χ3v) is 4.13. The van der Waals surface area contributed by atoms with Crippen LogP contribution >= 0.6 is 0 Å². The number of aromatic nitrogens is 2. The second-order valence-corrected chi connectivity index (χ2v) is 5.74. The molecule has 0 aliphatic carbocycles. The first-order valence-electron chi connectivity index (χ1n) is 7.52. The lowest BCUT2D eigenvalue weighted by Crippen LogP contribution is -2.40. The Morgan fingerprint density at radius 2 is 1.77 bits per heavy atom. The Bertz CT molecular complexity index is 614. The fraction of sp³-hybridized carbons (Fsp3) is 0.438. The van der Waals surface area contributed by atoms with Crippen LogP contribution in [-0.4, -0.2) is 40.2 Å². The molecule has 0 unspecified atom stereocenters. The van der Waals surface area contributed by atoms with Gasteiger partial charge in [-0.05, 0) is 0 Å². The Labute approximate surface area is 128 Å². The third-order valence-electron chi connectivity index (χ3n) is 4.13. The Morgan fingerprint density at radius 1 is 1.09 bits per heavy atom. The van der Waals surface area contributed by atoms with Crippen LogP contribution in [0.5, 0.6) is 0 Å². The molecule has 1 aliphatic heterocycles. The summed E-state index contributed by atoms with van der Waals surface area (Å²) in [5, 5.41) is 4.32. The molecule has 2 N–H and O–H groups in total. The number of benzene rings is 1. The fourth-order valence-corrected chi connectivity index (χ4v) is 2.82. The van der Waals surface area contributed by atoms with E-state index >= 15 is 0 Å². The molecular formula is C16H20F2N4. The molecule has 0 radical (unpaired) electrons. The van der Waals surface area contributed by atoms with E-state index in [2.05, 4.69) is 10.00 Å². The van der Waals surface area contributed by atoms with Crippen LogP contribution in [0.1, 0.15) is 12.8 Å². The number of alkyl halides is 2. The number of anilines is 1. The van der Waals surface area contributed by atoms with E-state index in [0.717, 1.165) is 11.3 Å². The molecule has 3 rings (SSSR count). The van der Waals surface area contributed by atoms with Crippen molar-refractivity contribution in [1.82, 2.24) is 14.7 Å². The summed E-state index contributed by atoms with van der Waals surface area (Å²) in [6.07, 6.45) is 1.53. The van der Waals surface area contributed by atoms with Gasteiger partial charge in [-0.3, -0.25) is 4.68 Å². The highest BCUT2D eigenvalue weighted by molar-refractivity contribution is 5.72. The van der Waals surface area contributed by atoms with Gasteiger partial charge in [-0.1, -0.05) is 30.3 Å². The lowest BCUT2D eigenvalue weighted by atomic mass is 10.1. The van der Waals surface area contributed by atoms with Gasteiger partial charge < -0.3 is 10.6 Å². The number of rotatable bonds is 4. The molecule has 6 heteroatoms. The van der Waals surface area contributed by atoms with Gasteiger partial charge >= 0.3 is 0 Å². The summed E-state index contributed by atoms with van der Waals surface area (Å²) in [7, 11) is 0. The minimum atomic E-state index is -2.50. The van der Waals surface area contributed by atoms with Crippen LogP contribution in [0.3, 0.4) is 0 Å². The molecule has 118 valence electrons. The van der Waals surface area contributed by atoms with Gasteiger partial charge in [0.1, 0.15) is 0 Å². The van der Waals surface area contributed by atoms with Gasteiger partial charge in [0.2, 0.25) is 0 Å². The first-order valence-corrected chi connectivity index (χ1v) is 7.52. The van der Waals surface area contributed by atoms with E-state index in [0.29, 0.717) is 31.9 Å². The summed E-state index contributed by atoms with van der Waals surface area (Å²) >= 11 is 0. The zero-order valence-corrected chi connectivity index (χ0v) is 12.4. The molecule has 1 aromatic carbocycles. The maximum atomic E-state index is 13.2. The van der Waals surface area contributed by atoms with Gasteiger partial charge in [0, 0.05) is 38.0 Å². The number of nitrogens with two attached hydrogens (primary N) is 1. The van der Waals surface area contributed by atoms with Crippen LogP contribution in [0.2, 0.25) is 0 Å². The van der Waals surface area contributed by atoms with Crippen molar-refractivity contribution < 1.29 is 8.78 Å². The van der Waals surface area contributed by atoms with E-state index in [1.165, 1.54) is 0 Å². The molecule has 1 fully saturated rings. The molecule has 0 spiro atoms. The molecule has 0 amide bonds. The first-order chi connectivity index (χ1) is 10.6. The maximum Gasteiger partial charge on any atom is 0.250 e. The topological polar surface area (TPSA) is 47.1 Å². The molecular weight excluding hydrogens is 286 g/mol. The van der Waals surface area contributed by atoms with Gasteiger partial charge in [-0.2, -0.15) is 5.10 Å². The monoisotopic (exact) mass is 306 g/mol. The minimum absolute atomic E-state index is 0.0558. The van der Waals surface area contributed by atoms with E-state index in [1.807, 2.05) is 35.0 Å². The van der Waals surface area contributed by atoms with Gasteiger partial charge in [-0.25, -0.2) is 8.78 Å². The summed E-state index contributed by atoms with van der Waals surface area (Å²) in [5.41, 5.74) is 8.57. The first kappa shape index (κ1) is 15.0. The number of piperidine rings is 1. The number of hydrogen-bond acceptors (Lipinski definition) is 3. The molecule has 22 heavy (non-hydrogen) atoms. The summed E-state index contributed by atoms with van der Waals surface area (Å²) in [4.78, 5) is 2.06. The average Bonchev–Trinajstić information content (AvgIpc) is 2.88. The maximum absolute atomic E-state index is 13.2. The van der Waals surface area contributed by atoms with Crippen LogP contribution in [0, 0.1) is 0 Å². The van der Waals surface area contributed by atoms with Crippen molar-refractivity contribution in [3.63, 3.8) is 0 Å². The van der Waals surface area contributed by atoms with Crippen LogP contribution < -0.4 is 5.73 Å². The number of halogens is 2. The average molecular weight is 306 g/mol. The van der Waals surface area contributed by atoms with Gasteiger partial charge in [0.25, 0.3) is 5.92 Å². The predicted molar refractivity (Wildman–Crippen MR) is 82.7 cm³/mol. The highest BCUT2D eigenvalue weighted by Crippen LogP contribution is 2.28. The third kappa shape index (κ3) is 3.27. The standard InChI is InChI=1S/C16H20F2N4/c17-16(18)6-8-21(9-7-16)10-11-22-15(14(19)12-20-22)13-4-2-1-3-5-13/h1-5,12H,6-11,19H2. The Morgan fingerprint density at radius 3 is 2.45 bits per heavy atom. The van der Waals surface area contributed by atoms with Crippen LogP contribution in [0.25, 0.3) is 11.3 Å². The van der Waals surface area contributed by atoms with Gasteiger partial charge in [-0.15, -0.1) is 0 Å². The highest BCUT2D eigenvalue weighted by atomic mass is 19.3. The highest BCUT2D eigenvalue weighted by Gasteiger charge is 2.33. The van der Waals surface area contributed by atoms with Gasteiger partial charge in [0.05, 0.1) is 24.1 Å². The van der Waals surface area contributed by atoms with Crippen LogP contribution in [0.4, 0.5) is 14.5 Å². The Kier molecular flexibility index (Phi) is 4.11. The normalized spacial score (nSPS) is 18.5. The molecule has 0 bridgehead atoms. The summed E-state index contributed by atoms with van der Waals surface area (Å²) in [6.45, 7) is 2.22. The van der Waals surface area contributed by atoms with Crippen molar-refractivity contribution in [2.45, 2.75) is 25.3 Å². The van der Waals surface area contributed by atoms with Crippen molar-refractivity contribution in [2.24, 2.45) is 0 Å². The van der Waals surface area contributed by atoms with Gasteiger partial charge in [0.15, 0.2) is 0 Å². The molecule has 0 saturated carbocycles. The van der Waals surface area contributed by atoms with Crippen molar-refractivity contribution in [3.8, 4) is 11.3 Å². The number of nitrogen functional groups attached to an aromatic ring is 1. The largest absolute Gasteiger partial charge is 0.396 e. The number of nitrogens with zero attached hydrogens (tertiary/aromatic N) is 3. The smallest absolute Gasteiger partial charge is 0.250 e. The van der Waals surface area contributed by atoms with Crippen LogP contribution in [-0.2, 0) is 6.54 Å². The molecule has 2 aromatic rings. The number of likely N-dealkylation sites (tertiary alicyclic amines) is 1. The van der Waals surface area contributed by atoms with Crippen molar-refractivity contribution in [2.75, 3.05) is 25.4 Å². The fourth-order valence-electron chi connectivity index (χ4n) is 2.82. The van der Waals surface area contributed by atoms with Crippen molar-refractivity contribution in [1.29, 1.82) is 0 Å². The zero-order chi connectivity index (χ0) is 15.6. The minimum Gasteiger partial charge on any atom is -0.396 e. The van der Waals surface area contributed by atoms with Crippen LogP contribution in [0.15, 0.2) is 36.5 Å². The molecule has 1 aromatic heterocycles. The molecule has 0 atom stereocenters. The second kappa shape index (κ2) is 6.04. The second-order valence-electron chi connectivity index (χ2n) is 5.74. The SMILES string of the molecule is Nc1cnn(CCN2CCC(F)(F)CC2)c1-c1ccccc1. The van der Waals surface area contributed by atoms with E-state index in [1.54, 1.807) is 6.20 Å². The summed E-state index contributed by atoms with van der Waals surface area (Å²) in [5.74, 6) is -2.50. The summed E-state index contributed by atoms with van der Waals surface area (Å²) in [6, 6.07) is 9.85. The van der Waals surface area contributed by atoms with Crippen molar-refractivity contribution in [3.05, 3.63) is 36.5 Å². The quantitative estimate of drug-likeness (QED) is 0.945. The molecule has 1 saturated heterocycles. The van der Waals surface area contributed by atoms with Crippen molar-refractivity contribution >= 4 is 5.69 Å². The lowest BCUT2D eigenvalue weighted by molar-refractivity contribution is -0.0555. The molecule has 4 nitrogen and oxygen atoms in total. The zero-order valence-electron chi connectivity index (χ0n) is 12.4. The van der Waals surface area contributed by atoms with E-state index in [-0.39, 0.29) is 12.8 Å². The summed E-state index contributed by atoms with van der Waals surface area (Å²) < 4.78 is 28.2. The lowest BCUT2D eigenvalue weighted by Gasteiger charge is -2.31.